The monoisotopic (exact) mass is 458 g/mol. The van der Waals surface area contributed by atoms with E-state index in [1.807, 2.05) is 20.8 Å². The maximum absolute atomic E-state index is 14.8. The van der Waals surface area contributed by atoms with Crippen LogP contribution in [-0.2, 0) is 0 Å². The molecule has 4 rings (SSSR count). The van der Waals surface area contributed by atoms with Crippen molar-refractivity contribution in [2.75, 3.05) is 16.8 Å². The van der Waals surface area contributed by atoms with E-state index in [4.69, 9.17) is 0 Å². The first-order valence-electron chi connectivity index (χ1n) is 10.3. The van der Waals surface area contributed by atoms with Crippen LogP contribution in [0.4, 0.5) is 35.1 Å². The molecule has 0 bridgehead atoms. The molecule has 0 saturated heterocycles. The lowest BCUT2D eigenvalue weighted by molar-refractivity contribution is -0.0923. The van der Waals surface area contributed by atoms with Gasteiger partial charge < -0.3 is 10.2 Å². The van der Waals surface area contributed by atoms with E-state index >= 15 is 0 Å². The molecule has 0 saturated carbocycles. The first-order valence-corrected chi connectivity index (χ1v) is 10.3. The number of hydrogen-bond acceptors (Lipinski definition) is 5. The smallest absolute Gasteiger partial charge is 0.323 e. The van der Waals surface area contributed by atoms with E-state index in [9.17, 15) is 17.6 Å². The molecular weight excluding hydrogens is 436 g/mol. The summed E-state index contributed by atoms with van der Waals surface area (Å²) in [5.41, 5.74) is 1.65. The van der Waals surface area contributed by atoms with Crippen LogP contribution in [0, 0.1) is 12.7 Å². The molecule has 10 heteroatoms. The molecule has 1 aromatic carbocycles. The number of halogens is 4. The van der Waals surface area contributed by atoms with Gasteiger partial charge in [0.25, 0.3) is 0 Å². The highest BCUT2D eigenvalue weighted by atomic mass is 19.4. The van der Waals surface area contributed by atoms with Gasteiger partial charge >= 0.3 is 6.18 Å². The quantitative estimate of drug-likeness (QED) is 0.480. The molecule has 3 heterocycles. The Morgan fingerprint density at radius 2 is 1.91 bits per heavy atom. The Hall–Kier alpha value is -3.69. The molecule has 1 N–H and O–H groups in total. The molecule has 1 aliphatic heterocycles. The van der Waals surface area contributed by atoms with Gasteiger partial charge in [-0.25, -0.2) is 9.07 Å². The van der Waals surface area contributed by atoms with Gasteiger partial charge in [0.15, 0.2) is 0 Å². The normalized spacial score (nSPS) is 14.1. The highest BCUT2D eigenvalue weighted by Crippen LogP contribution is 2.32. The van der Waals surface area contributed by atoms with Gasteiger partial charge in [-0.3, -0.25) is 4.98 Å². The van der Waals surface area contributed by atoms with Gasteiger partial charge in [-0.05, 0) is 62.7 Å². The van der Waals surface area contributed by atoms with Gasteiger partial charge in [0, 0.05) is 29.3 Å². The summed E-state index contributed by atoms with van der Waals surface area (Å²) in [5.74, 6) is -0.0295. The highest BCUT2D eigenvalue weighted by Gasteiger charge is 2.36. The average Bonchev–Trinajstić information content (AvgIpc) is 3.17. The predicted molar refractivity (Wildman–Crippen MR) is 119 cm³/mol. The summed E-state index contributed by atoms with van der Waals surface area (Å²) >= 11 is 0. The van der Waals surface area contributed by atoms with E-state index in [1.54, 1.807) is 30.5 Å². The zero-order valence-electron chi connectivity index (χ0n) is 18.2. The van der Waals surface area contributed by atoms with Crippen molar-refractivity contribution in [2.45, 2.75) is 33.0 Å². The summed E-state index contributed by atoms with van der Waals surface area (Å²) in [6, 6.07) is 8.01. The van der Waals surface area contributed by atoms with Crippen LogP contribution >= 0.6 is 0 Å². The predicted octanol–water partition coefficient (Wildman–Crippen LogP) is 5.93. The van der Waals surface area contributed by atoms with Gasteiger partial charge in [-0.1, -0.05) is 6.08 Å². The molecule has 0 spiro atoms. The van der Waals surface area contributed by atoms with Crippen molar-refractivity contribution in [1.29, 1.82) is 0 Å². The molecule has 6 nitrogen and oxygen atoms in total. The van der Waals surface area contributed by atoms with Crippen LogP contribution in [0.2, 0.25) is 0 Å². The molecule has 0 atom stereocenters. The number of allylic oxidation sites excluding steroid dienone is 2. The molecule has 172 valence electrons. The topological polar surface area (TPSA) is 58.9 Å². The second-order valence-electron chi connectivity index (χ2n) is 7.94. The first kappa shape index (κ1) is 22.5. The van der Waals surface area contributed by atoms with E-state index < -0.39 is 17.6 Å². The Morgan fingerprint density at radius 3 is 2.58 bits per heavy atom. The number of aryl methyl sites for hydroxylation is 1. The van der Waals surface area contributed by atoms with E-state index in [0.29, 0.717) is 16.8 Å². The van der Waals surface area contributed by atoms with E-state index in [-0.39, 0.29) is 24.5 Å². The van der Waals surface area contributed by atoms with Crippen molar-refractivity contribution in [3.8, 4) is 11.1 Å². The number of rotatable bonds is 5. The molecule has 0 radical (unpaired) electrons. The van der Waals surface area contributed by atoms with Crippen LogP contribution in [0.15, 0.2) is 60.5 Å². The third kappa shape index (κ3) is 4.89. The summed E-state index contributed by atoms with van der Waals surface area (Å²) < 4.78 is 55.8. The van der Waals surface area contributed by atoms with Crippen molar-refractivity contribution in [2.24, 2.45) is 0 Å². The molecule has 0 fully saturated rings. The van der Waals surface area contributed by atoms with Gasteiger partial charge in [0.1, 0.15) is 5.82 Å². The number of pyridine rings is 1. The molecule has 0 aliphatic carbocycles. The summed E-state index contributed by atoms with van der Waals surface area (Å²) in [5, 5.41) is 7.32. The Bertz CT molecular complexity index is 1230. The fourth-order valence-electron chi connectivity index (χ4n) is 3.45. The van der Waals surface area contributed by atoms with Crippen LogP contribution in [0.3, 0.4) is 0 Å². The van der Waals surface area contributed by atoms with Crippen molar-refractivity contribution in [1.82, 2.24) is 19.7 Å². The highest BCUT2D eigenvalue weighted by molar-refractivity contribution is 5.68. The fourth-order valence-corrected chi connectivity index (χ4v) is 3.45. The standard InChI is InChI=1S/C23H22F4N6/c1-14(2)33-22(32-10-4-5-17(13-32)23(25,26)27)30-21(31-33)29-18-6-7-19(20(24)12-18)16-8-9-28-15(3)11-16/h4-12,14H,13H2,1-3H3,(H,29,31). The lowest BCUT2D eigenvalue weighted by Gasteiger charge is -2.25. The maximum atomic E-state index is 14.8. The Balaban J connectivity index is 1.59. The zero-order valence-corrected chi connectivity index (χ0v) is 18.2. The van der Waals surface area contributed by atoms with Crippen LogP contribution < -0.4 is 10.2 Å². The molecule has 3 aromatic rings. The summed E-state index contributed by atoms with van der Waals surface area (Å²) in [7, 11) is 0. The first-order chi connectivity index (χ1) is 15.6. The number of benzene rings is 1. The third-order valence-electron chi connectivity index (χ3n) is 5.06. The Morgan fingerprint density at radius 1 is 1.12 bits per heavy atom. The third-order valence-corrected chi connectivity index (χ3v) is 5.06. The summed E-state index contributed by atoms with van der Waals surface area (Å²) in [6.45, 7) is 5.15. The molecule has 0 unspecified atom stereocenters. The van der Waals surface area contributed by atoms with Crippen LogP contribution in [0.1, 0.15) is 25.6 Å². The fraction of sp³-hybridized carbons (Fsp3) is 0.261. The largest absolute Gasteiger partial charge is 0.414 e. The minimum absolute atomic E-state index is 0.155. The average molecular weight is 458 g/mol. The molecule has 0 amide bonds. The van der Waals surface area contributed by atoms with Gasteiger partial charge in [-0.15, -0.1) is 5.10 Å². The second kappa shape index (κ2) is 8.68. The molecule has 2 aromatic heterocycles. The maximum Gasteiger partial charge on any atom is 0.414 e. The van der Waals surface area contributed by atoms with E-state index in [2.05, 4.69) is 20.4 Å². The number of aromatic nitrogens is 4. The van der Waals surface area contributed by atoms with Crippen molar-refractivity contribution in [3.05, 3.63) is 72.0 Å². The lowest BCUT2D eigenvalue weighted by Crippen LogP contribution is -2.30. The molecular formula is C23H22F4N6. The van der Waals surface area contributed by atoms with Crippen molar-refractivity contribution < 1.29 is 17.6 Å². The Labute approximate surface area is 188 Å². The zero-order chi connectivity index (χ0) is 23.8. The van der Waals surface area contributed by atoms with Crippen LogP contribution in [0.25, 0.3) is 11.1 Å². The van der Waals surface area contributed by atoms with Crippen molar-refractivity contribution in [3.63, 3.8) is 0 Å². The number of nitrogens with zero attached hydrogens (tertiary/aromatic N) is 5. The summed E-state index contributed by atoms with van der Waals surface area (Å²) in [6.07, 6.45) is 1.08. The van der Waals surface area contributed by atoms with E-state index in [1.165, 1.54) is 27.9 Å². The second-order valence-corrected chi connectivity index (χ2v) is 7.94. The number of alkyl halides is 3. The van der Waals surface area contributed by atoms with Crippen molar-refractivity contribution >= 4 is 17.6 Å². The SMILES string of the molecule is Cc1cc(-c2ccc(Nc3nc(N4C=CC=C(C(F)(F)F)C4)n(C(C)C)n3)cc2F)ccn1. The van der Waals surface area contributed by atoms with Crippen LogP contribution in [-0.4, -0.2) is 32.5 Å². The number of hydrogen-bond donors (Lipinski definition) is 1. The van der Waals surface area contributed by atoms with Gasteiger partial charge in [0.2, 0.25) is 11.9 Å². The van der Waals surface area contributed by atoms with Crippen LogP contribution in [0.5, 0.6) is 0 Å². The van der Waals surface area contributed by atoms with E-state index in [0.717, 1.165) is 11.8 Å². The number of nitrogens with one attached hydrogen (secondary N) is 1. The Kier molecular flexibility index (Phi) is 5.92. The minimum atomic E-state index is -4.43. The van der Waals surface area contributed by atoms with Gasteiger partial charge in [0.05, 0.1) is 18.2 Å². The molecule has 33 heavy (non-hydrogen) atoms. The number of anilines is 3. The summed E-state index contributed by atoms with van der Waals surface area (Å²) in [4.78, 5) is 9.89. The molecule has 1 aliphatic rings. The minimum Gasteiger partial charge on any atom is -0.323 e. The van der Waals surface area contributed by atoms with Gasteiger partial charge in [-0.2, -0.15) is 18.2 Å². The lowest BCUT2D eigenvalue weighted by atomic mass is 10.1.